The Balaban J connectivity index is 1.85. The lowest BCUT2D eigenvalue weighted by atomic mass is 10.1. The Morgan fingerprint density at radius 1 is 1.08 bits per heavy atom. The maximum Gasteiger partial charge on any atom is 0.278 e. The summed E-state index contributed by atoms with van der Waals surface area (Å²) in [4.78, 5) is 16.8. The maximum atomic E-state index is 11.1. The molecule has 0 saturated carbocycles. The molecular weight excluding hydrogens is 304 g/mol. The monoisotopic (exact) mass is 322 g/mol. The number of aromatic nitrogens is 1. The van der Waals surface area contributed by atoms with Gasteiger partial charge in [-0.3, -0.25) is 15.1 Å². The highest BCUT2D eigenvalue weighted by Gasteiger charge is 2.14. The summed E-state index contributed by atoms with van der Waals surface area (Å²) in [6, 6.07) is 13.3. The normalized spacial score (nSPS) is 10.6. The molecule has 0 unspecified atom stereocenters. The molecule has 24 heavy (non-hydrogen) atoms. The van der Waals surface area contributed by atoms with E-state index in [4.69, 9.17) is 0 Å². The molecule has 0 fully saturated rings. The van der Waals surface area contributed by atoms with Crippen molar-refractivity contribution in [1.29, 1.82) is 0 Å². The number of non-ortho nitro benzene ring substituents is 1. The van der Waals surface area contributed by atoms with Crippen LogP contribution in [0.15, 0.2) is 54.9 Å². The molecule has 0 radical (unpaired) electrons. The number of nitro groups is 1. The number of anilines is 2. The molecule has 0 amide bonds. The standard InChI is InChI=1S/C18H18N4O2/c1-21(2)14-5-3-13(4-6-14)11-20-17-7-8-18(22(23)24)16-12-19-10-9-15(16)17/h3-10,12,20H,11H2,1-2H3. The third-order valence-electron chi connectivity index (χ3n) is 3.93. The molecule has 0 aliphatic carbocycles. The molecule has 6 nitrogen and oxygen atoms in total. The summed E-state index contributed by atoms with van der Waals surface area (Å²) in [6.45, 7) is 0.642. The molecule has 1 N–H and O–H groups in total. The average molecular weight is 322 g/mol. The molecule has 0 spiro atoms. The smallest absolute Gasteiger partial charge is 0.278 e. The quantitative estimate of drug-likeness (QED) is 0.571. The highest BCUT2D eigenvalue weighted by Crippen LogP contribution is 2.30. The van der Waals surface area contributed by atoms with E-state index in [1.54, 1.807) is 18.3 Å². The molecule has 0 saturated heterocycles. The molecule has 0 aliphatic heterocycles. The molecule has 1 aromatic heterocycles. The number of nitro benzene ring substituents is 1. The van der Waals surface area contributed by atoms with E-state index < -0.39 is 0 Å². The van der Waals surface area contributed by atoms with Crippen molar-refractivity contribution in [1.82, 2.24) is 4.98 Å². The van der Waals surface area contributed by atoms with E-state index in [2.05, 4.69) is 34.6 Å². The lowest BCUT2D eigenvalue weighted by Gasteiger charge is -2.14. The van der Waals surface area contributed by atoms with Gasteiger partial charge in [0.25, 0.3) is 5.69 Å². The molecule has 1 heterocycles. The Hall–Kier alpha value is -3.15. The van der Waals surface area contributed by atoms with Crippen LogP contribution in [0, 0.1) is 10.1 Å². The van der Waals surface area contributed by atoms with Crippen LogP contribution in [-0.2, 0) is 6.54 Å². The van der Waals surface area contributed by atoms with E-state index in [9.17, 15) is 10.1 Å². The van der Waals surface area contributed by atoms with Crippen LogP contribution >= 0.6 is 0 Å². The predicted octanol–water partition coefficient (Wildman–Crippen LogP) is 3.82. The van der Waals surface area contributed by atoms with Gasteiger partial charge in [0.15, 0.2) is 0 Å². The zero-order chi connectivity index (χ0) is 17.1. The number of rotatable bonds is 5. The van der Waals surface area contributed by atoms with Crippen molar-refractivity contribution >= 4 is 27.8 Å². The van der Waals surface area contributed by atoms with Gasteiger partial charge in [0.05, 0.1) is 10.3 Å². The van der Waals surface area contributed by atoms with Crippen LogP contribution < -0.4 is 10.2 Å². The molecule has 3 rings (SSSR count). The van der Waals surface area contributed by atoms with E-state index >= 15 is 0 Å². The van der Waals surface area contributed by atoms with Crippen molar-refractivity contribution in [2.45, 2.75) is 6.54 Å². The minimum absolute atomic E-state index is 0.0685. The first-order valence-electron chi connectivity index (χ1n) is 7.57. The Bertz CT molecular complexity index is 876. The molecular formula is C18H18N4O2. The van der Waals surface area contributed by atoms with Crippen molar-refractivity contribution in [3.05, 3.63) is 70.5 Å². The lowest BCUT2D eigenvalue weighted by Crippen LogP contribution is -2.08. The van der Waals surface area contributed by atoms with Crippen molar-refractivity contribution in [2.24, 2.45) is 0 Å². The number of fused-ring (bicyclic) bond motifs is 1. The van der Waals surface area contributed by atoms with Crippen LogP contribution in [0.4, 0.5) is 17.1 Å². The van der Waals surface area contributed by atoms with Crippen molar-refractivity contribution in [3.63, 3.8) is 0 Å². The van der Waals surface area contributed by atoms with Gasteiger partial charge >= 0.3 is 0 Å². The SMILES string of the molecule is CN(C)c1ccc(CNc2ccc([N+](=O)[O-])c3cnccc23)cc1. The Labute approximate surface area is 139 Å². The van der Waals surface area contributed by atoms with Crippen molar-refractivity contribution < 1.29 is 4.92 Å². The summed E-state index contributed by atoms with van der Waals surface area (Å²) < 4.78 is 0. The zero-order valence-electron chi connectivity index (χ0n) is 13.6. The minimum Gasteiger partial charge on any atom is -0.380 e. The number of hydrogen-bond acceptors (Lipinski definition) is 5. The molecule has 122 valence electrons. The largest absolute Gasteiger partial charge is 0.380 e. The topological polar surface area (TPSA) is 71.3 Å². The molecule has 0 atom stereocenters. The number of hydrogen-bond donors (Lipinski definition) is 1. The summed E-state index contributed by atoms with van der Waals surface area (Å²) in [6.07, 6.45) is 3.17. The van der Waals surface area contributed by atoms with Crippen LogP contribution in [0.5, 0.6) is 0 Å². The van der Waals surface area contributed by atoms with Gasteiger partial charge in [0, 0.05) is 55.9 Å². The van der Waals surface area contributed by atoms with Gasteiger partial charge < -0.3 is 10.2 Å². The van der Waals surface area contributed by atoms with Gasteiger partial charge in [-0.2, -0.15) is 0 Å². The Morgan fingerprint density at radius 3 is 2.50 bits per heavy atom. The number of pyridine rings is 1. The van der Waals surface area contributed by atoms with Gasteiger partial charge in [0.2, 0.25) is 0 Å². The van der Waals surface area contributed by atoms with E-state index in [-0.39, 0.29) is 10.6 Å². The summed E-state index contributed by atoms with van der Waals surface area (Å²) in [5.74, 6) is 0. The fraction of sp³-hybridized carbons (Fsp3) is 0.167. The van der Waals surface area contributed by atoms with E-state index in [1.165, 1.54) is 12.3 Å². The molecule has 0 aliphatic rings. The number of benzene rings is 2. The average Bonchev–Trinajstić information content (AvgIpc) is 2.59. The van der Waals surface area contributed by atoms with E-state index in [0.717, 1.165) is 22.3 Å². The van der Waals surface area contributed by atoms with Crippen LogP contribution in [0.2, 0.25) is 0 Å². The van der Waals surface area contributed by atoms with Crippen LogP contribution in [0.25, 0.3) is 10.8 Å². The van der Waals surface area contributed by atoms with Crippen LogP contribution in [0.1, 0.15) is 5.56 Å². The highest BCUT2D eigenvalue weighted by atomic mass is 16.6. The van der Waals surface area contributed by atoms with E-state index in [1.807, 2.05) is 19.0 Å². The predicted molar refractivity (Wildman–Crippen MR) is 96.5 cm³/mol. The third kappa shape index (κ3) is 3.12. The van der Waals surface area contributed by atoms with Gasteiger partial charge in [-0.05, 0) is 29.8 Å². The van der Waals surface area contributed by atoms with Crippen molar-refractivity contribution in [3.8, 4) is 0 Å². The Kier molecular flexibility index (Phi) is 4.29. The molecule has 6 heteroatoms. The number of nitrogens with one attached hydrogen (secondary N) is 1. The molecule has 3 aromatic rings. The first-order chi connectivity index (χ1) is 11.6. The fourth-order valence-electron chi connectivity index (χ4n) is 2.60. The summed E-state index contributed by atoms with van der Waals surface area (Å²) in [7, 11) is 4.01. The molecule has 2 aromatic carbocycles. The fourth-order valence-corrected chi connectivity index (χ4v) is 2.60. The van der Waals surface area contributed by atoms with Gasteiger partial charge in [-0.15, -0.1) is 0 Å². The van der Waals surface area contributed by atoms with Crippen LogP contribution in [0.3, 0.4) is 0 Å². The maximum absolute atomic E-state index is 11.1. The minimum atomic E-state index is -0.381. The van der Waals surface area contributed by atoms with E-state index in [0.29, 0.717) is 11.9 Å². The lowest BCUT2D eigenvalue weighted by molar-refractivity contribution is -0.383. The first-order valence-corrected chi connectivity index (χ1v) is 7.57. The summed E-state index contributed by atoms with van der Waals surface area (Å²) >= 11 is 0. The zero-order valence-corrected chi connectivity index (χ0v) is 13.6. The number of nitrogens with zero attached hydrogens (tertiary/aromatic N) is 3. The van der Waals surface area contributed by atoms with Crippen molar-refractivity contribution in [2.75, 3.05) is 24.3 Å². The van der Waals surface area contributed by atoms with Gasteiger partial charge in [-0.1, -0.05) is 12.1 Å². The summed E-state index contributed by atoms with van der Waals surface area (Å²) in [5.41, 5.74) is 3.21. The van der Waals surface area contributed by atoms with Gasteiger partial charge in [0.1, 0.15) is 0 Å². The third-order valence-corrected chi connectivity index (χ3v) is 3.93. The Morgan fingerprint density at radius 2 is 1.83 bits per heavy atom. The molecule has 0 bridgehead atoms. The second kappa shape index (κ2) is 6.54. The first kappa shape index (κ1) is 15.7. The highest BCUT2D eigenvalue weighted by molar-refractivity contribution is 5.99. The van der Waals surface area contributed by atoms with Crippen LogP contribution in [-0.4, -0.2) is 24.0 Å². The summed E-state index contributed by atoms with van der Waals surface area (Å²) in [5, 5.41) is 15.8. The second-order valence-corrected chi connectivity index (χ2v) is 5.73. The van der Waals surface area contributed by atoms with Gasteiger partial charge in [-0.25, -0.2) is 0 Å². The second-order valence-electron chi connectivity index (χ2n) is 5.73.